The van der Waals surface area contributed by atoms with Gasteiger partial charge in [0.15, 0.2) is 0 Å². The van der Waals surface area contributed by atoms with Gasteiger partial charge in [-0.3, -0.25) is 4.79 Å². The summed E-state index contributed by atoms with van der Waals surface area (Å²) in [7, 11) is 0. The minimum atomic E-state index is 0.0180. The number of carbonyl (C=O) groups excluding carboxylic acids is 1. The van der Waals surface area contributed by atoms with Crippen LogP contribution in [0.3, 0.4) is 0 Å². The lowest BCUT2D eigenvalue weighted by Crippen LogP contribution is -2.12. The van der Waals surface area contributed by atoms with Crippen LogP contribution in [0, 0.1) is 13.8 Å². The SMILES string of the molecule is CCCCC(=O)Nc1ccc(Nc2ccc(C)cc2C)cn1. The highest BCUT2D eigenvalue weighted by Crippen LogP contribution is 2.21. The molecule has 0 aliphatic heterocycles. The van der Waals surface area contributed by atoms with E-state index in [9.17, 15) is 4.79 Å². The summed E-state index contributed by atoms with van der Waals surface area (Å²) in [6.07, 6.45) is 4.19. The number of nitrogens with zero attached hydrogens (tertiary/aromatic N) is 1. The maximum Gasteiger partial charge on any atom is 0.225 e. The Morgan fingerprint density at radius 3 is 2.64 bits per heavy atom. The van der Waals surface area contributed by atoms with Crippen LogP contribution in [0.25, 0.3) is 0 Å². The number of amides is 1. The van der Waals surface area contributed by atoms with Gasteiger partial charge in [-0.05, 0) is 44.0 Å². The monoisotopic (exact) mass is 297 g/mol. The molecule has 2 N–H and O–H groups in total. The Labute approximate surface area is 132 Å². The molecule has 0 bridgehead atoms. The summed E-state index contributed by atoms with van der Waals surface area (Å²) in [4.78, 5) is 15.9. The molecular formula is C18H23N3O. The van der Waals surface area contributed by atoms with Gasteiger partial charge in [0, 0.05) is 12.1 Å². The van der Waals surface area contributed by atoms with Crippen molar-refractivity contribution in [2.45, 2.75) is 40.0 Å². The summed E-state index contributed by atoms with van der Waals surface area (Å²) in [5.41, 5.74) is 4.40. The van der Waals surface area contributed by atoms with Crippen LogP contribution in [0.1, 0.15) is 37.3 Å². The van der Waals surface area contributed by atoms with Gasteiger partial charge in [0.1, 0.15) is 5.82 Å². The average Bonchev–Trinajstić information content (AvgIpc) is 2.50. The second-order valence-electron chi connectivity index (χ2n) is 5.53. The van der Waals surface area contributed by atoms with Gasteiger partial charge in [0.05, 0.1) is 11.9 Å². The number of rotatable bonds is 6. The van der Waals surface area contributed by atoms with Crippen LogP contribution in [-0.2, 0) is 4.79 Å². The van der Waals surface area contributed by atoms with Crippen LogP contribution in [-0.4, -0.2) is 10.9 Å². The van der Waals surface area contributed by atoms with Crippen LogP contribution in [0.4, 0.5) is 17.2 Å². The molecule has 0 atom stereocenters. The van der Waals surface area contributed by atoms with Crippen molar-refractivity contribution in [1.29, 1.82) is 0 Å². The fraction of sp³-hybridized carbons (Fsp3) is 0.333. The number of pyridine rings is 1. The molecule has 4 heteroatoms. The van der Waals surface area contributed by atoms with E-state index in [2.05, 4.69) is 54.6 Å². The number of benzene rings is 1. The predicted octanol–water partition coefficient (Wildman–Crippen LogP) is 4.57. The maximum absolute atomic E-state index is 11.7. The maximum atomic E-state index is 11.7. The van der Waals surface area contributed by atoms with Crippen molar-refractivity contribution in [3.05, 3.63) is 47.7 Å². The summed E-state index contributed by atoms with van der Waals surface area (Å²) < 4.78 is 0. The fourth-order valence-electron chi connectivity index (χ4n) is 2.19. The van der Waals surface area contributed by atoms with Gasteiger partial charge in [-0.25, -0.2) is 4.98 Å². The Morgan fingerprint density at radius 1 is 1.18 bits per heavy atom. The zero-order valence-electron chi connectivity index (χ0n) is 13.4. The highest BCUT2D eigenvalue weighted by Gasteiger charge is 2.04. The molecule has 0 spiro atoms. The summed E-state index contributed by atoms with van der Waals surface area (Å²) in [6.45, 7) is 6.22. The fourth-order valence-corrected chi connectivity index (χ4v) is 2.19. The van der Waals surface area contributed by atoms with E-state index in [1.807, 2.05) is 12.1 Å². The molecule has 0 fully saturated rings. The van der Waals surface area contributed by atoms with Crippen LogP contribution >= 0.6 is 0 Å². The highest BCUT2D eigenvalue weighted by molar-refractivity contribution is 5.89. The van der Waals surface area contributed by atoms with Crippen molar-refractivity contribution < 1.29 is 4.79 Å². The molecule has 1 aromatic heterocycles. The van der Waals surface area contributed by atoms with E-state index < -0.39 is 0 Å². The van der Waals surface area contributed by atoms with Gasteiger partial charge >= 0.3 is 0 Å². The second-order valence-corrected chi connectivity index (χ2v) is 5.53. The van der Waals surface area contributed by atoms with Gasteiger partial charge in [0.2, 0.25) is 5.91 Å². The molecule has 0 aliphatic carbocycles. The Morgan fingerprint density at radius 2 is 2.00 bits per heavy atom. The number of hydrogen-bond donors (Lipinski definition) is 2. The number of anilines is 3. The molecule has 0 unspecified atom stereocenters. The second kappa shape index (κ2) is 7.59. The average molecular weight is 297 g/mol. The third-order valence-electron chi connectivity index (χ3n) is 3.45. The molecule has 2 rings (SSSR count). The summed E-state index contributed by atoms with van der Waals surface area (Å²) >= 11 is 0. The van der Waals surface area contributed by atoms with E-state index in [1.54, 1.807) is 6.20 Å². The summed E-state index contributed by atoms with van der Waals surface area (Å²) in [5, 5.41) is 6.15. The predicted molar refractivity (Wildman–Crippen MR) is 91.6 cm³/mol. The Bertz CT molecular complexity index is 635. The van der Waals surface area contributed by atoms with Gasteiger partial charge in [-0.15, -0.1) is 0 Å². The smallest absolute Gasteiger partial charge is 0.225 e. The van der Waals surface area contributed by atoms with Gasteiger partial charge in [-0.2, -0.15) is 0 Å². The van der Waals surface area contributed by atoms with Crippen LogP contribution in [0.15, 0.2) is 36.5 Å². The van der Waals surface area contributed by atoms with Gasteiger partial charge < -0.3 is 10.6 Å². The summed E-state index contributed by atoms with van der Waals surface area (Å²) in [6, 6.07) is 10.0. The molecule has 0 saturated carbocycles. The van der Waals surface area contributed by atoms with Crippen molar-refractivity contribution in [1.82, 2.24) is 4.98 Å². The third kappa shape index (κ3) is 4.58. The number of aromatic nitrogens is 1. The van der Waals surface area contributed by atoms with Gasteiger partial charge in [-0.1, -0.05) is 31.0 Å². The number of carbonyl (C=O) groups is 1. The quantitative estimate of drug-likeness (QED) is 0.821. The summed E-state index contributed by atoms with van der Waals surface area (Å²) in [5.74, 6) is 0.608. The number of aryl methyl sites for hydroxylation is 2. The zero-order valence-corrected chi connectivity index (χ0v) is 13.4. The van der Waals surface area contributed by atoms with Crippen molar-refractivity contribution in [2.24, 2.45) is 0 Å². The van der Waals surface area contributed by atoms with Crippen LogP contribution in [0.2, 0.25) is 0 Å². The van der Waals surface area contributed by atoms with E-state index in [1.165, 1.54) is 11.1 Å². The molecule has 1 aromatic carbocycles. The van der Waals surface area contributed by atoms with E-state index in [0.717, 1.165) is 24.2 Å². The molecule has 0 radical (unpaired) electrons. The van der Waals surface area contributed by atoms with Crippen LogP contribution in [0.5, 0.6) is 0 Å². The molecule has 4 nitrogen and oxygen atoms in total. The first-order valence-electron chi connectivity index (χ1n) is 7.68. The van der Waals surface area contributed by atoms with Crippen molar-refractivity contribution in [2.75, 3.05) is 10.6 Å². The Balaban J connectivity index is 1.98. The Hall–Kier alpha value is -2.36. The first kappa shape index (κ1) is 16.0. The minimum Gasteiger partial charge on any atom is -0.354 e. The first-order valence-corrected chi connectivity index (χ1v) is 7.68. The van der Waals surface area contributed by atoms with Crippen LogP contribution < -0.4 is 10.6 Å². The zero-order chi connectivity index (χ0) is 15.9. The Kier molecular flexibility index (Phi) is 5.53. The largest absolute Gasteiger partial charge is 0.354 e. The van der Waals surface area contributed by atoms with E-state index in [-0.39, 0.29) is 5.91 Å². The molecule has 116 valence electrons. The van der Waals surface area contributed by atoms with Crippen molar-refractivity contribution in [3.63, 3.8) is 0 Å². The molecule has 0 aliphatic rings. The van der Waals surface area contributed by atoms with E-state index in [0.29, 0.717) is 12.2 Å². The normalized spacial score (nSPS) is 10.3. The molecule has 1 heterocycles. The lowest BCUT2D eigenvalue weighted by atomic mass is 10.1. The van der Waals surface area contributed by atoms with E-state index >= 15 is 0 Å². The standard InChI is InChI=1S/C18H23N3O/c1-4-5-6-18(22)21-17-10-8-15(12-19-17)20-16-9-7-13(2)11-14(16)3/h7-12,20H,4-6H2,1-3H3,(H,19,21,22). The third-order valence-corrected chi connectivity index (χ3v) is 3.45. The molecule has 22 heavy (non-hydrogen) atoms. The number of unbranched alkanes of at least 4 members (excludes halogenated alkanes) is 1. The van der Waals surface area contributed by atoms with Crippen molar-refractivity contribution in [3.8, 4) is 0 Å². The van der Waals surface area contributed by atoms with Gasteiger partial charge in [0.25, 0.3) is 0 Å². The first-order chi connectivity index (χ1) is 10.6. The topological polar surface area (TPSA) is 54.0 Å². The molecule has 0 saturated heterocycles. The lowest BCUT2D eigenvalue weighted by molar-refractivity contribution is -0.116. The molecule has 1 amide bonds. The number of nitrogens with one attached hydrogen (secondary N) is 2. The lowest BCUT2D eigenvalue weighted by Gasteiger charge is -2.11. The van der Waals surface area contributed by atoms with Crippen molar-refractivity contribution >= 4 is 23.1 Å². The molecule has 2 aromatic rings. The molecular weight excluding hydrogens is 274 g/mol. The minimum absolute atomic E-state index is 0.0180. The van der Waals surface area contributed by atoms with E-state index in [4.69, 9.17) is 0 Å². The number of hydrogen-bond acceptors (Lipinski definition) is 3. The highest BCUT2D eigenvalue weighted by atomic mass is 16.1.